The summed E-state index contributed by atoms with van der Waals surface area (Å²) in [5.74, 6) is 1.28. The lowest BCUT2D eigenvalue weighted by molar-refractivity contribution is 0.269. The number of hydrogen-bond donors (Lipinski definition) is 0. The van der Waals surface area contributed by atoms with Crippen LogP contribution >= 0.6 is 0 Å². The second-order valence-electron chi connectivity index (χ2n) is 4.62. The molecule has 1 heteroatoms. The fraction of sp³-hybridized carbons (Fsp3) is 0.714. The maximum Gasteiger partial charge on any atom is 0.0237 e. The highest BCUT2D eigenvalue weighted by atomic mass is 15.1. The molecule has 1 unspecified atom stereocenters. The van der Waals surface area contributed by atoms with E-state index >= 15 is 0 Å². The first kappa shape index (κ1) is 14.3. The third-order valence-electron chi connectivity index (χ3n) is 2.75. The Bertz CT molecular complexity index is 194. The summed E-state index contributed by atoms with van der Waals surface area (Å²) in [6, 6.07) is 0. The van der Waals surface area contributed by atoms with E-state index in [9.17, 15) is 0 Å². The molecule has 0 aliphatic carbocycles. The summed E-state index contributed by atoms with van der Waals surface area (Å²) in [5.41, 5.74) is 1.25. The molecule has 0 radical (unpaired) electrons. The maximum absolute atomic E-state index is 4.14. The Morgan fingerprint density at radius 1 is 1.27 bits per heavy atom. The zero-order chi connectivity index (χ0) is 11.8. The minimum Gasteiger partial charge on any atom is -0.374 e. The molecule has 0 fully saturated rings. The summed E-state index contributed by atoms with van der Waals surface area (Å²) in [5, 5.41) is 0. The van der Waals surface area contributed by atoms with Gasteiger partial charge in [0.2, 0.25) is 0 Å². The third-order valence-corrected chi connectivity index (χ3v) is 2.75. The van der Waals surface area contributed by atoms with Crippen LogP contribution in [0.2, 0.25) is 0 Å². The quantitative estimate of drug-likeness (QED) is 0.544. The predicted octanol–water partition coefficient (Wildman–Crippen LogP) is 4.08. The lowest BCUT2D eigenvalue weighted by Gasteiger charge is -2.30. The van der Waals surface area contributed by atoms with Gasteiger partial charge in [0.15, 0.2) is 0 Å². The Morgan fingerprint density at radius 3 is 2.20 bits per heavy atom. The highest BCUT2D eigenvalue weighted by molar-refractivity contribution is 4.95. The fourth-order valence-corrected chi connectivity index (χ4v) is 1.65. The second-order valence-corrected chi connectivity index (χ2v) is 4.62. The van der Waals surface area contributed by atoms with Crippen molar-refractivity contribution in [2.45, 2.75) is 40.5 Å². The maximum atomic E-state index is 4.14. The van der Waals surface area contributed by atoms with Crippen molar-refractivity contribution in [1.29, 1.82) is 0 Å². The number of rotatable bonds is 8. The van der Waals surface area contributed by atoms with Crippen molar-refractivity contribution in [3.05, 3.63) is 24.9 Å². The first-order chi connectivity index (χ1) is 7.04. The van der Waals surface area contributed by atoms with Gasteiger partial charge in [-0.15, -0.1) is 6.58 Å². The Morgan fingerprint density at radius 2 is 1.87 bits per heavy atom. The summed E-state index contributed by atoms with van der Waals surface area (Å²) in [7, 11) is 0. The number of allylic oxidation sites excluding steroid dienone is 1. The minimum absolute atomic E-state index is 0.590. The van der Waals surface area contributed by atoms with Crippen molar-refractivity contribution in [2.24, 2.45) is 11.8 Å². The minimum atomic E-state index is 0.590. The molecule has 0 amide bonds. The van der Waals surface area contributed by atoms with Gasteiger partial charge in [0, 0.05) is 18.8 Å². The molecule has 0 saturated heterocycles. The van der Waals surface area contributed by atoms with E-state index in [2.05, 4.69) is 51.8 Å². The SMILES string of the molecule is C=CC(CC)CN(CC(C)C)C(=C)CC. The Hall–Kier alpha value is -0.720. The topological polar surface area (TPSA) is 3.24 Å². The van der Waals surface area contributed by atoms with Gasteiger partial charge in [0.05, 0.1) is 0 Å². The molecule has 15 heavy (non-hydrogen) atoms. The van der Waals surface area contributed by atoms with Gasteiger partial charge in [0.25, 0.3) is 0 Å². The van der Waals surface area contributed by atoms with Gasteiger partial charge >= 0.3 is 0 Å². The standard InChI is InChI=1S/C14H27N/c1-7-13(6)15(10-12(4)5)11-14(8-2)9-3/h8,12,14H,2,6-7,9-11H2,1,3-5H3. The van der Waals surface area contributed by atoms with E-state index in [0.29, 0.717) is 11.8 Å². The lowest BCUT2D eigenvalue weighted by atomic mass is 10.0. The van der Waals surface area contributed by atoms with Gasteiger partial charge in [-0.05, 0) is 24.7 Å². The second kappa shape index (κ2) is 7.56. The van der Waals surface area contributed by atoms with Crippen LogP contribution in [0.4, 0.5) is 0 Å². The zero-order valence-corrected chi connectivity index (χ0v) is 10.9. The molecule has 0 saturated carbocycles. The molecule has 1 nitrogen and oxygen atoms in total. The van der Waals surface area contributed by atoms with E-state index in [1.165, 1.54) is 5.70 Å². The molecule has 0 aliphatic rings. The summed E-state index contributed by atoms with van der Waals surface area (Å²) < 4.78 is 0. The highest BCUT2D eigenvalue weighted by Gasteiger charge is 2.12. The molecular weight excluding hydrogens is 182 g/mol. The first-order valence-electron chi connectivity index (χ1n) is 6.10. The van der Waals surface area contributed by atoms with Crippen molar-refractivity contribution in [1.82, 2.24) is 4.90 Å². The zero-order valence-electron chi connectivity index (χ0n) is 10.9. The van der Waals surface area contributed by atoms with E-state index in [1.54, 1.807) is 0 Å². The van der Waals surface area contributed by atoms with Crippen LogP contribution in [0.15, 0.2) is 24.9 Å². The summed E-state index contributed by atoms with van der Waals surface area (Å²) >= 11 is 0. The van der Waals surface area contributed by atoms with Gasteiger partial charge in [-0.1, -0.05) is 40.3 Å². The van der Waals surface area contributed by atoms with Crippen LogP contribution < -0.4 is 0 Å². The molecular formula is C14H27N. The smallest absolute Gasteiger partial charge is 0.0237 e. The Kier molecular flexibility index (Phi) is 7.19. The van der Waals surface area contributed by atoms with E-state index in [4.69, 9.17) is 0 Å². The normalized spacial score (nSPS) is 12.6. The van der Waals surface area contributed by atoms with Crippen LogP contribution in [-0.2, 0) is 0 Å². The lowest BCUT2D eigenvalue weighted by Crippen LogP contribution is -2.31. The van der Waals surface area contributed by atoms with Crippen molar-refractivity contribution in [3.63, 3.8) is 0 Å². The molecule has 0 heterocycles. The Balaban J connectivity index is 4.35. The van der Waals surface area contributed by atoms with Gasteiger partial charge in [-0.2, -0.15) is 0 Å². The molecule has 88 valence electrons. The summed E-state index contributed by atoms with van der Waals surface area (Å²) in [6.07, 6.45) is 4.27. The fourth-order valence-electron chi connectivity index (χ4n) is 1.65. The van der Waals surface area contributed by atoms with Crippen molar-refractivity contribution >= 4 is 0 Å². The van der Waals surface area contributed by atoms with Crippen LogP contribution in [0.3, 0.4) is 0 Å². The van der Waals surface area contributed by atoms with Gasteiger partial charge in [-0.3, -0.25) is 0 Å². The highest BCUT2D eigenvalue weighted by Crippen LogP contribution is 2.15. The van der Waals surface area contributed by atoms with Crippen molar-refractivity contribution in [2.75, 3.05) is 13.1 Å². The average Bonchev–Trinajstić information content (AvgIpc) is 2.22. The third kappa shape index (κ3) is 5.66. The largest absolute Gasteiger partial charge is 0.374 e. The van der Waals surface area contributed by atoms with E-state index < -0.39 is 0 Å². The van der Waals surface area contributed by atoms with E-state index in [1.807, 2.05) is 0 Å². The van der Waals surface area contributed by atoms with Crippen molar-refractivity contribution < 1.29 is 0 Å². The molecule has 0 bridgehead atoms. The number of nitrogens with zero attached hydrogens (tertiary/aromatic N) is 1. The molecule has 0 rings (SSSR count). The van der Waals surface area contributed by atoms with Gasteiger partial charge in [-0.25, -0.2) is 0 Å². The van der Waals surface area contributed by atoms with Crippen LogP contribution in [-0.4, -0.2) is 18.0 Å². The van der Waals surface area contributed by atoms with Crippen molar-refractivity contribution in [3.8, 4) is 0 Å². The molecule has 0 aliphatic heterocycles. The monoisotopic (exact) mass is 209 g/mol. The van der Waals surface area contributed by atoms with Crippen LogP contribution in [0.1, 0.15) is 40.5 Å². The van der Waals surface area contributed by atoms with Crippen LogP contribution in [0.5, 0.6) is 0 Å². The molecule has 0 spiro atoms. The Labute approximate surface area is 95.9 Å². The molecule has 0 aromatic heterocycles. The number of hydrogen-bond acceptors (Lipinski definition) is 1. The van der Waals surface area contributed by atoms with E-state index in [0.717, 1.165) is 25.9 Å². The molecule has 0 aromatic carbocycles. The predicted molar refractivity (Wildman–Crippen MR) is 69.8 cm³/mol. The molecule has 1 atom stereocenters. The molecule has 0 aromatic rings. The average molecular weight is 209 g/mol. The molecule has 0 N–H and O–H groups in total. The van der Waals surface area contributed by atoms with Gasteiger partial charge in [0.1, 0.15) is 0 Å². The van der Waals surface area contributed by atoms with Gasteiger partial charge < -0.3 is 4.90 Å². The summed E-state index contributed by atoms with van der Waals surface area (Å²) in [4.78, 5) is 2.42. The van der Waals surface area contributed by atoms with Crippen LogP contribution in [0.25, 0.3) is 0 Å². The van der Waals surface area contributed by atoms with E-state index in [-0.39, 0.29) is 0 Å². The summed E-state index contributed by atoms with van der Waals surface area (Å²) in [6.45, 7) is 19.1. The van der Waals surface area contributed by atoms with Crippen LogP contribution in [0, 0.1) is 11.8 Å². The first-order valence-corrected chi connectivity index (χ1v) is 6.10.